The number of nitrogens with zero attached hydrogens (tertiary/aromatic N) is 2. The molecule has 10 heavy (non-hydrogen) atoms. The van der Waals surface area contributed by atoms with Crippen LogP contribution in [0.1, 0.15) is 25.7 Å². The van der Waals surface area contributed by atoms with Crippen molar-refractivity contribution in [2.45, 2.75) is 25.7 Å². The summed E-state index contributed by atoms with van der Waals surface area (Å²) < 4.78 is 0. The smallest absolute Gasteiger partial charge is 0.0133 e. The van der Waals surface area contributed by atoms with Gasteiger partial charge in [-0.05, 0) is 25.7 Å². The first-order valence-electron chi connectivity index (χ1n) is 4.46. The summed E-state index contributed by atoms with van der Waals surface area (Å²) in [4.78, 5) is 0. The molecule has 2 aliphatic heterocycles. The lowest BCUT2D eigenvalue weighted by molar-refractivity contribution is 0.0220. The van der Waals surface area contributed by atoms with Gasteiger partial charge in [-0.1, -0.05) is 0 Å². The lowest BCUT2D eigenvalue weighted by atomic mass is 10.4. The predicted molar refractivity (Wildman–Crippen MR) is 41.6 cm³/mol. The Labute approximate surface area is 62.8 Å². The van der Waals surface area contributed by atoms with Crippen molar-refractivity contribution in [3.63, 3.8) is 0 Å². The largest absolute Gasteiger partial charge is 0.242 e. The van der Waals surface area contributed by atoms with Crippen LogP contribution in [0.25, 0.3) is 0 Å². The van der Waals surface area contributed by atoms with Crippen LogP contribution in [-0.2, 0) is 0 Å². The van der Waals surface area contributed by atoms with E-state index in [0.717, 1.165) is 0 Å². The van der Waals surface area contributed by atoms with Crippen LogP contribution in [-0.4, -0.2) is 36.2 Å². The van der Waals surface area contributed by atoms with Gasteiger partial charge in [0.1, 0.15) is 0 Å². The van der Waals surface area contributed by atoms with Crippen LogP contribution in [0, 0.1) is 0 Å². The summed E-state index contributed by atoms with van der Waals surface area (Å²) in [5, 5.41) is 5.07. The molecule has 58 valence electrons. The van der Waals surface area contributed by atoms with Crippen LogP contribution in [0.5, 0.6) is 0 Å². The molecule has 0 saturated carbocycles. The molecule has 2 fully saturated rings. The molecule has 2 aliphatic rings. The summed E-state index contributed by atoms with van der Waals surface area (Å²) in [6.45, 7) is 5.28. The van der Waals surface area contributed by atoms with Gasteiger partial charge < -0.3 is 0 Å². The molecule has 0 spiro atoms. The molecule has 2 nitrogen and oxygen atoms in total. The number of hydrogen-bond donors (Lipinski definition) is 0. The quantitative estimate of drug-likeness (QED) is 0.538. The van der Waals surface area contributed by atoms with Crippen LogP contribution in [0.15, 0.2) is 0 Å². The van der Waals surface area contributed by atoms with E-state index in [2.05, 4.69) is 10.0 Å². The molecule has 0 bridgehead atoms. The predicted octanol–water partition coefficient (Wildman–Crippen LogP) is 1.09. The van der Waals surface area contributed by atoms with Gasteiger partial charge in [0.05, 0.1) is 0 Å². The number of hydrazine groups is 1. The van der Waals surface area contributed by atoms with E-state index in [4.69, 9.17) is 0 Å². The zero-order valence-corrected chi connectivity index (χ0v) is 6.55. The van der Waals surface area contributed by atoms with Gasteiger partial charge >= 0.3 is 0 Å². The molecule has 2 saturated heterocycles. The first-order chi connectivity index (χ1) is 4.97. The van der Waals surface area contributed by atoms with Gasteiger partial charge in [-0.3, -0.25) is 0 Å². The van der Waals surface area contributed by atoms with Crippen LogP contribution < -0.4 is 0 Å². The van der Waals surface area contributed by atoms with E-state index in [0.29, 0.717) is 0 Å². The standard InChI is InChI=1S/C8H16N2/c1-2-6-9(5-1)10-7-3-4-8-10/h1-8H2. The lowest BCUT2D eigenvalue weighted by Crippen LogP contribution is -2.38. The summed E-state index contributed by atoms with van der Waals surface area (Å²) in [6, 6.07) is 0. The molecule has 2 heterocycles. The maximum Gasteiger partial charge on any atom is 0.0133 e. The van der Waals surface area contributed by atoms with Gasteiger partial charge in [-0.15, -0.1) is 0 Å². The van der Waals surface area contributed by atoms with Crippen molar-refractivity contribution >= 4 is 0 Å². The summed E-state index contributed by atoms with van der Waals surface area (Å²) in [5.41, 5.74) is 0. The van der Waals surface area contributed by atoms with E-state index in [1.807, 2.05) is 0 Å². The molecule has 2 rings (SSSR count). The monoisotopic (exact) mass is 140 g/mol. The molecule has 0 radical (unpaired) electrons. The van der Waals surface area contributed by atoms with Crippen molar-refractivity contribution in [2.24, 2.45) is 0 Å². The van der Waals surface area contributed by atoms with Crippen LogP contribution >= 0.6 is 0 Å². The molecular formula is C8H16N2. The highest BCUT2D eigenvalue weighted by Crippen LogP contribution is 2.16. The average Bonchev–Trinajstić information content (AvgIpc) is 2.59. The van der Waals surface area contributed by atoms with Gasteiger partial charge in [-0.25, -0.2) is 10.0 Å². The van der Waals surface area contributed by atoms with Crippen molar-refractivity contribution in [3.8, 4) is 0 Å². The first-order valence-corrected chi connectivity index (χ1v) is 4.46. The molecule has 0 N–H and O–H groups in total. The number of rotatable bonds is 1. The third-order valence-corrected chi connectivity index (χ3v) is 2.56. The van der Waals surface area contributed by atoms with Gasteiger partial charge in [0.2, 0.25) is 0 Å². The topological polar surface area (TPSA) is 6.48 Å². The highest BCUT2D eigenvalue weighted by Gasteiger charge is 2.21. The van der Waals surface area contributed by atoms with Gasteiger partial charge in [-0.2, -0.15) is 0 Å². The molecule has 0 aromatic carbocycles. The molecule has 2 heteroatoms. The van der Waals surface area contributed by atoms with Crippen molar-refractivity contribution in [1.82, 2.24) is 10.0 Å². The van der Waals surface area contributed by atoms with Crippen molar-refractivity contribution in [2.75, 3.05) is 26.2 Å². The Morgan fingerprint density at radius 1 is 0.500 bits per heavy atom. The lowest BCUT2D eigenvalue weighted by Gasteiger charge is -2.26. The van der Waals surface area contributed by atoms with Crippen molar-refractivity contribution in [1.29, 1.82) is 0 Å². The maximum atomic E-state index is 2.53. The van der Waals surface area contributed by atoms with Crippen molar-refractivity contribution < 1.29 is 0 Å². The van der Waals surface area contributed by atoms with E-state index in [9.17, 15) is 0 Å². The highest BCUT2D eigenvalue weighted by atomic mass is 15.6. The van der Waals surface area contributed by atoms with Crippen molar-refractivity contribution in [3.05, 3.63) is 0 Å². The minimum atomic E-state index is 1.32. The maximum absolute atomic E-state index is 2.53. The Bertz CT molecular complexity index is 87.8. The van der Waals surface area contributed by atoms with E-state index >= 15 is 0 Å². The Hall–Kier alpha value is -0.0800. The Balaban J connectivity index is 1.85. The second-order valence-corrected chi connectivity index (χ2v) is 3.32. The Kier molecular flexibility index (Phi) is 1.91. The molecular weight excluding hydrogens is 124 g/mol. The Morgan fingerprint density at radius 3 is 1.10 bits per heavy atom. The normalized spacial score (nSPS) is 30.0. The molecule has 0 aromatic heterocycles. The fraction of sp³-hybridized carbons (Fsp3) is 1.00. The van der Waals surface area contributed by atoms with Gasteiger partial charge in [0, 0.05) is 26.2 Å². The fourth-order valence-electron chi connectivity index (χ4n) is 1.97. The molecule has 0 atom stereocenters. The molecule has 0 aliphatic carbocycles. The first kappa shape index (κ1) is 6.62. The van der Waals surface area contributed by atoms with Gasteiger partial charge in [0.25, 0.3) is 0 Å². The van der Waals surface area contributed by atoms with E-state index in [-0.39, 0.29) is 0 Å². The third kappa shape index (κ3) is 1.18. The Morgan fingerprint density at radius 2 is 0.800 bits per heavy atom. The van der Waals surface area contributed by atoms with E-state index in [1.165, 1.54) is 51.9 Å². The van der Waals surface area contributed by atoms with E-state index < -0.39 is 0 Å². The summed E-state index contributed by atoms with van der Waals surface area (Å²) in [6.07, 6.45) is 5.65. The second kappa shape index (κ2) is 2.89. The zero-order valence-electron chi connectivity index (χ0n) is 6.55. The van der Waals surface area contributed by atoms with E-state index in [1.54, 1.807) is 0 Å². The third-order valence-electron chi connectivity index (χ3n) is 2.56. The van der Waals surface area contributed by atoms with Gasteiger partial charge in [0.15, 0.2) is 0 Å². The van der Waals surface area contributed by atoms with Crippen LogP contribution in [0.2, 0.25) is 0 Å². The summed E-state index contributed by atoms with van der Waals surface area (Å²) in [7, 11) is 0. The highest BCUT2D eigenvalue weighted by molar-refractivity contribution is 4.69. The zero-order chi connectivity index (χ0) is 6.81. The minimum absolute atomic E-state index is 1.32. The summed E-state index contributed by atoms with van der Waals surface area (Å²) in [5.74, 6) is 0. The SMILES string of the molecule is C1CCN(N2CCCC2)C1. The number of hydrogen-bond acceptors (Lipinski definition) is 2. The van der Waals surface area contributed by atoms with Crippen LogP contribution in [0.4, 0.5) is 0 Å². The average molecular weight is 140 g/mol. The molecule has 0 unspecified atom stereocenters. The minimum Gasteiger partial charge on any atom is -0.242 e. The van der Waals surface area contributed by atoms with Crippen LogP contribution in [0.3, 0.4) is 0 Å². The fourth-order valence-corrected chi connectivity index (χ4v) is 1.97. The second-order valence-electron chi connectivity index (χ2n) is 3.32. The molecule has 0 amide bonds. The summed E-state index contributed by atoms with van der Waals surface area (Å²) >= 11 is 0. The molecule has 0 aromatic rings.